The Labute approximate surface area is 171 Å². The van der Waals surface area contributed by atoms with Crippen LogP contribution in [0.15, 0.2) is 53.7 Å². The van der Waals surface area contributed by atoms with Crippen molar-refractivity contribution in [3.63, 3.8) is 0 Å². The van der Waals surface area contributed by atoms with Crippen molar-refractivity contribution in [3.8, 4) is 22.2 Å². The quantitative estimate of drug-likeness (QED) is 0.637. The monoisotopic (exact) mass is 431 g/mol. The van der Waals surface area contributed by atoms with Crippen molar-refractivity contribution in [1.29, 1.82) is 0 Å². The summed E-state index contributed by atoms with van der Waals surface area (Å²) in [7, 11) is -3.86. The first-order chi connectivity index (χ1) is 13.9. The standard InChI is InChI=1S/C19H17N3O5S2/c1-2-14(19(23)24)22-11-16-17(29(22,25)26)8-15(28-16)18-20-9-13(10-21-18)27-12-6-4-3-5-7-12/h3-10,14H,2,11H2,1H3,(H,23,24). The van der Waals surface area contributed by atoms with Crippen LogP contribution < -0.4 is 4.74 Å². The van der Waals surface area contributed by atoms with Crippen molar-refractivity contribution < 1.29 is 23.1 Å². The lowest BCUT2D eigenvalue weighted by atomic mass is 10.2. The van der Waals surface area contributed by atoms with E-state index in [0.29, 0.717) is 27.1 Å². The molecule has 1 aromatic carbocycles. The first-order valence-electron chi connectivity index (χ1n) is 8.83. The first kappa shape index (κ1) is 19.5. The Morgan fingerprint density at radius 2 is 1.93 bits per heavy atom. The van der Waals surface area contributed by atoms with E-state index in [4.69, 9.17) is 4.74 Å². The molecule has 0 saturated carbocycles. The summed E-state index contributed by atoms with van der Waals surface area (Å²) in [5, 5.41) is 9.31. The molecule has 0 radical (unpaired) electrons. The van der Waals surface area contributed by atoms with Gasteiger partial charge in [0.25, 0.3) is 0 Å². The minimum Gasteiger partial charge on any atom is -0.480 e. The summed E-state index contributed by atoms with van der Waals surface area (Å²) in [6, 6.07) is 9.66. The van der Waals surface area contributed by atoms with Crippen LogP contribution in [0, 0.1) is 0 Å². The van der Waals surface area contributed by atoms with E-state index < -0.39 is 22.0 Å². The average molecular weight is 431 g/mol. The van der Waals surface area contributed by atoms with Gasteiger partial charge >= 0.3 is 5.97 Å². The van der Waals surface area contributed by atoms with Crippen LogP contribution in [-0.4, -0.2) is 39.8 Å². The normalized spacial score (nSPS) is 16.3. The van der Waals surface area contributed by atoms with Crippen LogP contribution in [0.3, 0.4) is 0 Å². The molecule has 1 aliphatic heterocycles. The molecular formula is C19H17N3O5S2. The fraction of sp³-hybridized carbons (Fsp3) is 0.211. The number of carboxylic acid groups (broad SMARTS) is 1. The molecule has 0 saturated heterocycles. The molecule has 0 aliphatic carbocycles. The third kappa shape index (κ3) is 3.61. The van der Waals surface area contributed by atoms with Gasteiger partial charge in [-0.2, -0.15) is 4.31 Å². The number of ether oxygens (including phenoxy) is 1. The van der Waals surface area contributed by atoms with E-state index in [1.807, 2.05) is 30.3 Å². The van der Waals surface area contributed by atoms with E-state index in [9.17, 15) is 18.3 Å². The van der Waals surface area contributed by atoms with Crippen molar-refractivity contribution in [2.75, 3.05) is 0 Å². The fourth-order valence-electron chi connectivity index (χ4n) is 3.10. The molecule has 1 unspecified atom stereocenters. The highest BCUT2D eigenvalue weighted by atomic mass is 32.2. The number of carboxylic acids is 1. The number of hydrogen-bond acceptors (Lipinski definition) is 7. The van der Waals surface area contributed by atoms with E-state index in [0.717, 1.165) is 4.31 Å². The van der Waals surface area contributed by atoms with Gasteiger partial charge in [-0.25, -0.2) is 18.4 Å². The minimum absolute atomic E-state index is 0.0440. The lowest BCUT2D eigenvalue weighted by molar-refractivity contribution is -0.141. The number of aromatic nitrogens is 2. The van der Waals surface area contributed by atoms with Crippen LogP contribution in [0.1, 0.15) is 18.2 Å². The largest absolute Gasteiger partial charge is 0.480 e. The van der Waals surface area contributed by atoms with Gasteiger partial charge in [0.1, 0.15) is 11.8 Å². The van der Waals surface area contributed by atoms with Gasteiger partial charge in [0.05, 0.1) is 28.7 Å². The van der Waals surface area contributed by atoms with E-state index >= 15 is 0 Å². The summed E-state index contributed by atoms with van der Waals surface area (Å²) in [6.45, 7) is 1.70. The highest BCUT2D eigenvalue weighted by Gasteiger charge is 2.43. The molecule has 1 N–H and O–H groups in total. The summed E-state index contributed by atoms with van der Waals surface area (Å²) >= 11 is 1.25. The van der Waals surface area contributed by atoms with Crippen molar-refractivity contribution in [3.05, 3.63) is 53.7 Å². The van der Waals surface area contributed by atoms with Gasteiger partial charge in [0, 0.05) is 4.88 Å². The lowest BCUT2D eigenvalue weighted by Crippen LogP contribution is -2.40. The molecule has 4 rings (SSSR count). The number of aliphatic carboxylic acids is 1. The van der Waals surface area contributed by atoms with Crippen LogP contribution in [0.4, 0.5) is 0 Å². The molecule has 1 aliphatic rings. The lowest BCUT2D eigenvalue weighted by Gasteiger charge is -2.21. The summed E-state index contributed by atoms with van der Waals surface area (Å²) in [5.41, 5.74) is 0. The SMILES string of the molecule is CCC(C(=O)O)N1Cc2sc(-c3ncc(Oc4ccccc4)cn3)cc2S1(=O)=O. The Morgan fingerprint density at radius 1 is 1.24 bits per heavy atom. The number of sulfonamides is 1. The van der Waals surface area contributed by atoms with Crippen LogP contribution >= 0.6 is 11.3 Å². The van der Waals surface area contributed by atoms with Crippen LogP contribution in [0.2, 0.25) is 0 Å². The molecule has 3 heterocycles. The summed E-state index contributed by atoms with van der Waals surface area (Å²) in [4.78, 5) is 21.3. The Bertz CT molecular complexity index is 1140. The van der Waals surface area contributed by atoms with Gasteiger partial charge in [-0.1, -0.05) is 25.1 Å². The summed E-state index contributed by atoms with van der Waals surface area (Å²) < 4.78 is 32.3. The minimum atomic E-state index is -3.86. The van der Waals surface area contributed by atoms with E-state index in [1.54, 1.807) is 6.92 Å². The van der Waals surface area contributed by atoms with Crippen LogP contribution in [0.5, 0.6) is 11.5 Å². The molecule has 0 fully saturated rings. The van der Waals surface area contributed by atoms with Crippen molar-refractivity contribution in [2.45, 2.75) is 30.8 Å². The Hall–Kier alpha value is -2.82. The van der Waals surface area contributed by atoms with E-state index in [1.165, 1.54) is 29.8 Å². The second-order valence-corrected chi connectivity index (χ2v) is 9.36. The second kappa shape index (κ2) is 7.54. The Kier molecular flexibility index (Phi) is 5.07. The third-order valence-corrected chi connectivity index (χ3v) is 7.67. The Balaban J connectivity index is 1.57. The van der Waals surface area contributed by atoms with Gasteiger partial charge in [0.15, 0.2) is 11.6 Å². The number of rotatable bonds is 6. The number of benzene rings is 1. The van der Waals surface area contributed by atoms with E-state index in [-0.39, 0.29) is 17.9 Å². The number of thiophene rings is 1. The molecule has 2 aromatic heterocycles. The topological polar surface area (TPSA) is 110 Å². The zero-order valence-corrected chi connectivity index (χ0v) is 17.0. The van der Waals surface area contributed by atoms with Gasteiger partial charge in [-0.15, -0.1) is 11.3 Å². The second-order valence-electron chi connectivity index (χ2n) is 6.37. The molecular weight excluding hydrogens is 414 g/mol. The van der Waals surface area contributed by atoms with Crippen LogP contribution in [-0.2, 0) is 21.4 Å². The number of nitrogens with zero attached hydrogens (tertiary/aromatic N) is 3. The summed E-state index contributed by atoms with van der Waals surface area (Å²) in [5.74, 6) is 0.366. The highest BCUT2D eigenvalue weighted by molar-refractivity contribution is 7.89. The first-order valence-corrected chi connectivity index (χ1v) is 11.1. The van der Waals surface area contributed by atoms with E-state index in [2.05, 4.69) is 9.97 Å². The third-order valence-electron chi connectivity index (χ3n) is 4.50. The average Bonchev–Trinajstić information content (AvgIpc) is 3.22. The molecule has 10 heteroatoms. The number of fused-ring (bicyclic) bond motifs is 1. The molecule has 1 atom stereocenters. The smallest absolute Gasteiger partial charge is 0.322 e. The zero-order valence-electron chi connectivity index (χ0n) is 15.3. The highest BCUT2D eigenvalue weighted by Crippen LogP contribution is 2.41. The number of hydrogen-bond donors (Lipinski definition) is 1. The van der Waals surface area contributed by atoms with Crippen molar-refractivity contribution in [1.82, 2.24) is 14.3 Å². The fourth-order valence-corrected chi connectivity index (χ4v) is 6.45. The molecule has 8 nitrogen and oxygen atoms in total. The van der Waals surface area contributed by atoms with Crippen LogP contribution in [0.25, 0.3) is 10.7 Å². The van der Waals surface area contributed by atoms with Gasteiger partial charge in [0.2, 0.25) is 10.0 Å². The number of para-hydroxylation sites is 1. The van der Waals surface area contributed by atoms with Gasteiger partial charge < -0.3 is 9.84 Å². The molecule has 0 amide bonds. The molecule has 0 bridgehead atoms. The molecule has 29 heavy (non-hydrogen) atoms. The predicted octanol–water partition coefficient (Wildman–Crippen LogP) is 3.36. The van der Waals surface area contributed by atoms with Crippen molar-refractivity contribution in [2.24, 2.45) is 0 Å². The zero-order chi connectivity index (χ0) is 20.6. The molecule has 3 aromatic rings. The molecule has 0 spiro atoms. The van der Waals surface area contributed by atoms with Gasteiger partial charge in [-0.05, 0) is 24.6 Å². The van der Waals surface area contributed by atoms with Gasteiger partial charge in [-0.3, -0.25) is 4.79 Å². The summed E-state index contributed by atoms with van der Waals surface area (Å²) in [6.07, 6.45) is 3.25. The maximum atomic E-state index is 12.8. The maximum absolute atomic E-state index is 12.8. The Morgan fingerprint density at radius 3 is 2.52 bits per heavy atom. The predicted molar refractivity (Wildman–Crippen MR) is 106 cm³/mol. The number of carbonyl (C=O) groups is 1. The van der Waals surface area contributed by atoms with Crippen molar-refractivity contribution >= 4 is 27.3 Å². The maximum Gasteiger partial charge on any atom is 0.322 e. The molecule has 150 valence electrons.